The monoisotopic (exact) mass is 432 g/mol. The number of anilines is 1. The lowest BCUT2D eigenvalue weighted by Gasteiger charge is -2.25. The van der Waals surface area contributed by atoms with E-state index in [4.69, 9.17) is 0 Å². The molecular formula is C19H33ClN4O3S. The van der Waals surface area contributed by atoms with Crippen molar-refractivity contribution in [3.63, 3.8) is 0 Å². The van der Waals surface area contributed by atoms with Gasteiger partial charge in [-0.05, 0) is 38.1 Å². The van der Waals surface area contributed by atoms with E-state index in [1.807, 2.05) is 20.9 Å². The number of benzene rings is 1. The minimum Gasteiger partial charge on any atom is -0.371 e. The molecule has 28 heavy (non-hydrogen) atoms. The molecule has 0 aromatic heterocycles. The van der Waals surface area contributed by atoms with Gasteiger partial charge in [-0.3, -0.25) is 4.79 Å². The fraction of sp³-hybridized carbons (Fsp3) is 0.632. The van der Waals surface area contributed by atoms with Crippen molar-refractivity contribution < 1.29 is 13.2 Å². The smallest absolute Gasteiger partial charge is 0.255 e. The lowest BCUT2D eigenvalue weighted by molar-refractivity contribution is 0.0797. The molecule has 0 radical (unpaired) electrons. The van der Waals surface area contributed by atoms with Gasteiger partial charge >= 0.3 is 0 Å². The molecule has 0 saturated carbocycles. The number of hydrogen-bond acceptors (Lipinski definition) is 5. The summed E-state index contributed by atoms with van der Waals surface area (Å²) in [6.07, 6.45) is 2.17. The van der Waals surface area contributed by atoms with Crippen molar-refractivity contribution >= 4 is 34.0 Å². The molecule has 1 heterocycles. The summed E-state index contributed by atoms with van der Waals surface area (Å²) in [6, 6.07) is 4.98. The third-order valence-corrected chi connectivity index (χ3v) is 7.08. The fourth-order valence-corrected chi connectivity index (χ4v) is 4.86. The molecule has 1 fully saturated rings. The van der Waals surface area contributed by atoms with Crippen molar-refractivity contribution in [3.05, 3.63) is 23.8 Å². The minimum absolute atomic E-state index is 0. The summed E-state index contributed by atoms with van der Waals surface area (Å²) in [5.74, 6) is -0.149. The highest BCUT2D eigenvalue weighted by Gasteiger charge is 2.27. The van der Waals surface area contributed by atoms with E-state index in [9.17, 15) is 13.2 Å². The van der Waals surface area contributed by atoms with Gasteiger partial charge in [0.1, 0.15) is 0 Å². The first-order valence-corrected chi connectivity index (χ1v) is 11.1. The van der Waals surface area contributed by atoms with Crippen molar-refractivity contribution in [2.45, 2.75) is 31.6 Å². The molecule has 0 unspecified atom stereocenters. The van der Waals surface area contributed by atoms with Crippen LogP contribution in [-0.4, -0.2) is 76.9 Å². The molecule has 1 amide bonds. The SMILES string of the molecule is CCN(CC)S(=O)(=O)c1ccc(N2CCCC2)c(C(=O)N(C)CCNC)c1.Cl. The van der Waals surface area contributed by atoms with Gasteiger partial charge in [0.15, 0.2) is 0 Å². The van der Waals surface area contributed by atoms with Crippen LogP contribution < -0.4 is 10.2 Å². The van der Waals surface area contributed by atoms with Gasteiger partial charge in [0.2, 0.25) is 10.0 Å². The Bertz CT molecular complexity index is 748. The second-order valence-corrected chi connectivity index (χ2v) is 8.73. The molecule has 160 valence electrons. The molecule has 7 nitrogen and oxygen atoms in total. The number of nitrogens with zero attached hydrogens (tertiary/aromatic N) is 3. The molecule has 1 aliphatic heterocycles. The Kier molecular flexibility index (Phi) is 9.69. The van der Waals surface area contributed by atoms with Gasteiger partial charge in [-0.1, -0.05) is 13.8 Å². The summed E-state index contributed by atoms with van der Waals surface area (Å²) in [5.41, 5.74) is 1.29. The van der Waals surface area contributed by atoms with Crippen molar-refractivity contribution in [3.8, 4) is 0 Å². The zero-order valence-electron chi connectivity index (χ0n) is 17.3. The number of hydrogen-bond donors (Lipinski definition) is 1. The number of carbonyl (C=O) groups excluding carboxylic acids is 1. The van der Waals surface area contributed by atoms with Crippen LogP contribution in [0.15, 0.2) is 23.1 Å². The predicted molar refractivity (Wildman–Crippen MR) is 116 cm³/mol. The zero-order chi connectivity index (χ0) is 20.0. The Balaban J connectivity index is 0.00000392. The van der Waals surface area contributed by atoms with E-state index >= 15 is 0 Å². The molecule has 9 heteroatoms. The number of sulfonamides is 1. The number of rotatable bonds is 9. The van der Waals surface area contributed by atoms with Gasteiger partial charge in [-0.15, -0.1) is 12.4 Å². The van der Waals surface area contributed by atoms with E-state index in [2.05, 4.69) is 10.2 Å². The van der Waals surface area contributed by atoms with Crippen molar-refractivity contribution in [1.29, 1.82) is 0 Å². The van der Waals surface area contributed by atoms with Crippen LogP contribution in [0, 0.1) is 0 Å². The van der Waals surface area contributed by atoms with Crippen LogP contribution in [0.2, 0.25) is 0 Å². The van der Waals surface area contributed by atoms with E-state index < -0.39 is 10.0 Å². The second kappa shape index (κ2) is 11.0. The van der Waals surface area contributed by atoms with Gasteiger partial charge in [-0.25, -0.2) is 8.42 Å². The van der Waals surface area contributed by atoms with Crippen LogP contribution in [-0.2, 0) is 10.0 Å². The first-order chi connectivity index (χ1) is 12.9. The van der Waals surface area contributed by atoms with Crippen LogP contribution in [0.3, 0.4) is 0 Å². The number of nitrogens with one attached hydrogen (secondary N) is 1. The molecule has 0 bridgehead atoms. The average Bonchev–Trinajstić information content (AvgIpc) is 3.20. The summed E-state index contributed by atoms with van der Waals surface area (Å²) < 4.78 is 27.3. The third kappa shape index (κ3) is 5.37. The summed E-state index contributed by atoms with van der Waals surface area (Å²) in [4.78, 5) is 17.1. The van der Waals surface area contributed by atoms with Crippen molar-refractivity contribution in [2.24, 2.45) is 0 Å². The summed E-state index contributed by atoms with van der Waals surface area (Å²) in [5, 5.41) is 3.03. The third-order valence-electron chi connectivity index (χ3n) is 5.03. The zero-order valence-corrected chi connectivity index (χ0v) is 18.9. The maximum atomic E-state index is 13.1. The number of amides is 1. The van der Waals surface area contributed by atoms with Gasteiger partial charge in [0.05, 0.1) is 10.5 Å². The highest BCUT2D eigenvalue weighted by molar-refractivity contribution is 7.89. The Hall–Kier alpha value is -1.35. The van der Waals surface area contributed by atoms with Gasteiger partial charge in [0.25, 0.3) is 5.91 Å². The quantitative estimate of drug-likeness (QED) is 0.646. The molecule has 1 aromatic rings. The molecular weight excluding hydrogens is 400 g/mol. The lowest BCUT2D eigenvalue weighted by Crippen LogP contribution is -2.35. The van der Waals surface area contributed by atoms with Crippen molar-refractivity contribution in [1.82, 2.24) is 14.5 Å². The van der Waals surface area contributed by atoms with E-state index in [-0.39, 0.29) is 23.2 Å². The first-order valence-electron chi connectivity index (χ1n) is 9.66. The standard InChI is InChI=1S/C19H32N4O3S.ClH/c1-5-23(6-2)27(25,26)16-9-10-18(22-12-7-8-13-22)17(15-16)19(24)21(4)14-11-20-3;/h9-10,15,20H,5-8,11-14H2,1-4H3;1H. The highest BCUT2D eigenvalue weighted by atomic mass is 35.5. The topological polar surface area (TPSA) is 73.0 Å². The van der Waals surface area contributed by atoms with Gasteiger partial charge in [-0.2, -0.15) is 4.31 Å². The molecule has 0 atom stereocenters. The maximum Gasteiger partial charge on any atom is 0.255 e. The van der Waals surface area contributed by atoms with E-state index in [1.54, 1.807) is 30.1 Å². The van der Waals surface area contributed by atoms with Crippen LogP contribution >= 0.6 is 12.4 Å². The normalized spacial score (nSPS) is 14.2. The molecule has 0 aliphatic carbocycles. The molecule has 1 aliphatic rings. The Labute approximate surface area is 175 Å². The summed E-state index contributed by atoms with van der Waals surface area (Å²) >= 11 is 0. The first kappa shape index (κ1) is 24.7. The van der Waals surface area contributed by atoms with E-state index in [1.165, 1.54) is 4.31 Å². The molecule has 1 aromatic carbocycles. The van der Waals surface area contributed by atoms with Gasteiger partial charge < -0.3 is 15.1 Å². The van der Waals surface area contributed by atoms with E-state index in [0.29, 0.717) is 31.7 Å². The molecule has 0 spiro atoms. The number of carbonyl (C=O) groups is 1. The largest absolute Gasteiger partial charge is 0.371 e. The molecule has 2 rings (SSSR count). The Morgan fingerprint density at radius 3 is 2.32 bits per heavy atom. The van der Waals surface area contributed by atoms with Crippen LogP contribution in [0.4, 0.5) is 5.69 Å². The Morgan fingerprint density at radius 1 is 1.18 bits per heavy atom. The van der Waals surface area contributed by atoms with Gasteiger partial charge in [0, 0.05) is 52.0 Å². The van der Waals surface area contributed by atoms with Crippen LogP contribution in [0.5, 0.6) is 0 Å². The average molecular weight is 433 g/mol. The van der Waals surface area contributed by atoms with Crippen LogP contribution in [0.1, 0.15) is 37.0 Å². The lowest BCUT2D eigenvalue weighted by atomic mass is 10.1. The second-order valence-electron chi connectivity index (χ2n) is 6.79. The highest BCUT2D eigenvalue weighted by Crippen LogP contribution is 2.29. The molecule has 1 saturated heterocycles. The Morgan fingerprint density at radius 2 is 1.79 bits per heavy atom. The maximum absolute atomic E-state index is 13.1. The van der Waals surface area contributed by atoms with Crippen LogP contribution in [0.25, 0.3) is 0 Å². The number of likely N-dealkylation sites (N-methyl/N-ethyl adjacent to an activating group) is 2. The minimum atomic E-state index is -3.61. The predicted octanol–water partition coefficient (Wildman–Crippen LogP) is 2.03. The summed E-state index contributed by atoms with van der Waals surface area (Å²) in [6.45, 7) is 7.45. The van der Waals surface area contributed by atoms with E-state index in [0.717, 1.165) is 31.6 Å². The molecule has 1 N–H and O–H groups in total. The fourth-order valence-electron chi connectivity index (χ4n) is 3.38. The number of halogens is 1. The summed E-state index contributed by atoms with van der Waals surface area (Å²) in [7, 11) is -0.0209. The van der Waals surface area contributed by atoms with Crippen molar-refractivity contribution in [2.75, 3.05) is 58.3 Å².